The summed E-state index contributed by atoms with van der Waals surface area (Å²) in [5.41, 5.74) is 0.334. The first kappa shape index (κ1) is 20.1. The van der Waals surface area contributed by atoms with Crippen LogP contribution in [0.3, 0.4) is 0 Å². The van der Waals surface area contributed by atoms with E-state index in [4.69, 9.17) is 0 Å². The van der Waals surface area contributed by atoms with Gasteiger partial charge in [0.1, 0.15) is 5.25 Å². The number of nitrogens with one attached hydrogen (secondary N) is 1. The predicted molar refractivity (Wildman–Crippen MR) is 114 cm³/mol. The van der Waals surface area contributed by atoms with Crippen LogP contribution in [0, 0.1) is 0 Å². The Bertz CT molecular complexity index is 1140. The van der Waals surface area contributed by atoms with Gasteiger partial charge >= 0.3 is 0 Å². The van der Waals surface area contributed by atoms with Crippen LogP contribution < -0.4 is 5.32 Å². The second-order valence-corrected chi connectivity index (χ2v) is 11.9. The van der Waals surface area contributed by atoms with Gasteiger partial charge in [-0.15, -0.1) is 11.3 Å². The van der Waals surface area contributed by atoms with Gasteiger partial charge in [-0.25, -0.2) is 8.42 Å². The lowest BCUT2D eigenvalue weighted by Crippen LogP contribution is -2.25. The molecule has 1 atom stereocenters. The van der Waals surface area contributed by atoms with Gasteiger partial charge in [-0.2, -0.15) is 10.6 Å². The van der Waals surface area contributed by atoms with E-state index < -0.39 is 31.6 Å². The Morgan fingerprint density at radius 2 is 1.83 bits per heavy atom. The number of carbonyl (C=O) groups excluding carboxylic acids is 1. The van der Waals surface area contributed by atoms with Crippen LogP contribution >= 0.6 is 21.9 Å². The van der Waals surface area contributed by atoms with Crippen molar-refractivity contribution in [2.45, 2.75) is 21.6 Å². The number of benzene rings is 2. The van der Waals surface area contributed by atoms with Gasteiger partial charge in [0.25, 0.3) is 5.91 Å². The molecule has 1 aromatic heterocycles. The molecule has 0 saturated carbocycles. The second-order valence-electron chi connectivity index (χ2n) is 6.66. The zero-order valence-corrected chi connectivity index (χ0v) is 17.6. The third kappa shape index (κ3) is 3.72. The SMILES string of the molecule is O=C(NCc1cccs1)c1cccc2c1C(S(=O)(=O)c1ccccc1)CS2(O)O. The Balaban J connectivity index is 1.76. The van der Waals surface area contributed by atoms with Gasteiger partial charge in [0, 0.05) is 16.0 Å². The monoisotopic (exact) mass is 449 g/mol. The van der Waals surface area contributed by atoms with Crippen molar-refractivity contribution in [1.29, 1.82) is 0 Å². The van der Waals surface area contributed by atoms with Crippen molar-refractivity contribution in [1.82, 2.24) is 5.32 Å². The Hall–Kier alpha value is -2.17. The third-order valence-corrected chi connectivity index (χ3v) is 9.84. The minimum atomic E-state index is -3.91. The number of fused-ring (bicyclic) bond motifs is 1. The molecule has 9 heteroatoms. The zero-order chi connectivity index (χ0) is 20.6. The lowest BCUT2D eigenvalue weighted by Gasteiger charge is -2.27. The highest BCUT2D eigenvalue weighted by molar-refractivity contribution is 8.25. The van der Waals surface area contributed by atoms with E-state index in [-0.39, 0.29) is 26.7 Å². The van der Waals surface area contributed by atoms with Gasteiger partial charge < -0.3 is 5.32 Å². The van der Waals surface area contributed by atoms with E-state index in [1.54, 1.807) is 24.3 Å². The van der Waals surface area contributed by atoms with Crippen LogP contribution in [0.4, 0.5) is 0 Å². The Morgan fingerprint density at radius 3 is 2.52 bits per heavy atom. The summed E-state index contributed by atoms with van der Waals surface area (Å²) in [7, 11) is -7.23. The number of carbonyl (C=O) groups is 1. The van der Waals surface area contributed by atoms with E-state index in [0.29, 0.717) is 6.54 Å². The molecule has 3 aromatic rings. The summed E-state index contributed by atoms with van der Waals surface area (Å²) in [5.74, 6) is -0.796. The highest BCUT2D eigenvalue weighted by atomic mass is 32.3. The van der Waals surface area contributed by atoms with Crippen molar-refractivity contribution in [2.75, 3.05) is 5.75 Å². The molecule has 1 aliphatic rings. The van der Waals surface area contributed by atoms with Crippen molar-refractivity contribution >= 4 is 37.7 Å². The van der Waals surface area contributed by atoms with Gasteiger partial charge in [0.05, 0.1) is 22.1 Å². The van der Waals surface area contributed by atoms with Crippen molar-refractivity contribution in [3.8, 4) is 0 Å². The predicted octanol–water partition coefficient (Wildman–Crippen LogP) is 4.32. The first-order valence-corrected chi connectivity index (χ1v) is 12.9. The van der Waals surface area contributed by atoms with Gasteiger partial charge in [0.15, 0.2) is 9.84 Å². The molecule has 1 aliphatic heterocycles. The highest BCUT2D eigenvalue weighted by Gasteiger charge is 2.45. The van der Waals surface area contributed by atoms with Crippen LogP contribution in [0.5, 0.6) is 0 Å². The molecule has 1 unspecified atom stereocenters. The fourth-order valence-corrected chi connectivity index (χ4v) is 8.54. The van der Waals surface area contributed by atoms with Crippen LogP contribution in [0.1, 0.15) is 26.0 Å². The van der Waals surface area contributed by atoms with E-state index in [2.05, 4.69) is 5.32 Å². The molecule has 29 heavy (non-hydrogen) atoms. The number of sulfone groups is 1. The molecule has 2 aromatic carbocycles. The molecule has 0 saturated heterocycles. The minimum Gasteiger partial charge on any atom is -0.347 e. The molecule has 0 aliphatic carbocycles. The molecule has 2 heterocycles. The van der Waals surface area contributed by atoms with Gasteiger partial charge in [-0.1, -0.05) is 30.3 Å². The number of hydrogen-bond donors (Lipinski definition) is 3. The van der Waals surface area contributed by atoms with Crippen LogP contribution in [-0.4, -0.2) is 29.2 Å². The lowest BCUT2D eigenvalue weighted by molar-refractivity contribution is 0.0950. The minimum absolute atomic E-state index is 0.0850. The van der Waals surface area contributed by atoms with E-state index in [9.17, 15) is 22.3 Å². The fraction of sp³-hybridized carbons (Fsp3) is 0.150. The van der Waals surface area contributed by atoms with E-state index in [1.807, 2.05) is 17.5 Å². The van der Waals surface area contributed by atoms with Crippen molar-refractivity contribution in [3.63, 3.8) is 0 Å². The Morgan fingerprint density at radius 1 is 1.07 bits per heavy atom. The lowest BCUT2D eigenvalue weighted by atomic mass is 10.0. The normalized spacial score (nSPS) is 18.8. The Labute approximate surface area is 174 Å². The molecule has 1 amide bonds. The highest BCUT2D eigenvalue weighted by Crippen LogP contribution is 2.62. The summed E-state index contributed by atoms with van der Waals surface area (Å²) in [4.78, 5) is 14.0. The van der Waals surface area contributed by atoms with Crippen molar-refractivity contribution in [3.05, 3.63) is 82.0 Å². The van der Waals surface area contributed by atoms with Gasteiger partial charge in [-0.05, 0) is 35.7 Å². The summed E-state index contributed by atoms with van der Waals surface area (Å²) in [6.45, 7) is 0.312. The smallest absolute Gasteiger partial charge is 0.251 e. The summed E-state index contributed by atoms with van der Waals surface area (Å²) in [5, 5.41) is 3.49. The molecule has 152 valence electrons. The third-order valence-electron chi connectivity index (χ3n) is 4.82. The summed E-state index contributed by atoms with van der Waals surface area (Å²) in [6, 6.07) is 16.2. The second kappa shape index (κ2) is 7.58. The Kier molecular flexibility index (Phi) is 5.26. The van der Waals surface area contributed by atoms with Crippen LogP contribution in [0.15, 0.2) is 75.8 Å². The standard InChI is InChI=1S/C20H19NO5S3/c22-20(21-12-14-6-5-11-27-14)16-9-4-10-17-19(16)18(13-28(17,23)24)29(25,26)15-7-2-1-3-8-15/h1-11,18,23-24H,12-13H2,(H,21,22). The number of amides is 1. The van der Waals surface area contributed by atoms with E-state index >= 15 is 0 Å². The van der Waals surface area contributed by atoms with Crippen LogP contribution in [0.25, 0.3) is 0 Å². The molecule has 4 rings (SSSR count). The van der Waals surface area contributed by atoms with Gasteiger partial charge in [-0.3, -0.25) is 13.9 Å². The molecule has 0 bridgehead atoms. The first-order valence-electron chi connectivity index (χ1n) is 8.79. The number of thiophene rings is 1. The first-order chi connectivity index (χ1) is 13.8. The average Bonchev–Trinajstić information content (AvgIpc) is 3.33. The largest absolute Gasteiger partial charge is 0.347 e. The van der Waals surface area contributed by atoms with Gasteiger partial charge in [0.2, 0.25) is 0 Å². The maximum atomic E-state index is 13.3. The van der Waals surface area contributed by atoms with Crippen LogP contribution in [-0.2, 0) is 16.4 Å². The maximum Gasteiger partial charge on any atom is 0.251 e. The molecule has 0 fully saturated rings. The maximum absolute atomic E-state index is 13.3. The summed E-state index contributed by atoms with van der Waals surface area (Å²) >= 11 is 1.50. The molecular formula is C20H19NO5S3. The molecule has 0 radical (unpaired) electrons. The zero-order valence-electron chi connectivity index (χ0n) is 15.2. The molecule has 0 spiro atoms. The van der Waals surface area contributed by atoms with Crippen molar-refractivity contribution < 1.29 is 22.3 Å². The molecule has 6 nitrogen and oxygen atoms in total. The fourth-order valence-electron chi connectivity index (χ4n) is 3.44. The molecule has 3 N–H and O–H groups in total. The average molecular weight is 450 g/mol. The van der Waals surface area contributed by atoms with Crippen LogP contribution in [0.2, 0.25) is 0 Å². The topological polar surface area (TPSA) is 104 Å². The van der Waals surface area contributed by atoms with E-state index in [0.717, 1.165) is 4.88 Å². The summed E-state index contributed by atoms with van der Waals surface area (Å²) in [6.07, 6.45) is 0. The number of hydrogen-bond acceptors (Lipinski definition) is 6. The van der Waals surface area contributed by atoms with E-state index in [1.165, 1.54) is 35.6 Å². The quantitative estimate of drug-likeness (QED) is 0.538. The number of rotatable bonds is 5. The van der Waals surface area contributed by atoms with Crippen molar-refractivity contribution in [2.24, 2.45) is 0 Å². The molecular weight excluding hydrogens is 430 g/mol. The summed E-state index contributed by atoms with van der Waals surface area (Å²) < 4.78 is 47.6.